The van der Waals surface area contributed by atoms with Crippen LogP contribution in [0.4, 0.5) is 0 Å². The van der Waals surface area contributed by atoms with E-state index in [2.05, 4.69) is 5.32 Å². The maximum atomic E-state index is 6.21. The summed E-state index contributed by atoms with van der Waals surface area (Å²) in [6.07, 6.45) is 0.877. The highest BCUT2D eigenvalue weighted by atomic mass is 35.5. The lowest BCUT2D eigenvalue weighted by atomic mass is 10.0. The van der Waals surface area contributed by atoms with Crippen molar-refractivity contribution in [1.82, 2.24) is 5.32 Å². The van der Waals surface area contributed by atoms with E-state index in [1.807, 2.05) is 14.0 Å². The van der Waals surface area contributed by atoms with Crippen LogP contribution in [0.25, 0.3) is 0 Å². The molecule has 90 valence electrons. The average Bonchev–Trinajstić information content (AvgIpc) is 2.28. The van der Waals surface area contributed by atoms with Crippen LogP contribution in [0.3, 0.4) is 0 Å². The molecule has 0 aromatic heterocycles. The van der Waals surface area contributed by atoms with E-state index in [-0.39, 0.29) is 0 Å². The van der Waals surface area contributed by atoms with Gasteiger partial charge in [0, 0.05) is 11.1 Å². The maximum Gasteiger partial charge on any atom is 0.163 e. The second kappa shape index (κ2) is 5.97. The zero-order chi connectivity index (χ0) is 12.1. The third-order valence-corrected chi connectivity index (χ3v) is 2.95. The van der Waals surface area contributed by atoms with Gasteiger partial charge < -0.3 is 14.8 Å². The molecule has 1 aromatic rings. The number of rotatable bonds is 5. The first-order valence-corrected chi connectivity index (χ1v) is 5.58. The summed E-state index contributed by atoms with van der Waals surface area (Å²) >= 11 is 6.21. The van der Waals surface area contributed by atoms with Crippen LogP contribution in [-0.4, -0.2) is 27.8 Å². The fourth-order valence-corrected chi connectivity index (χ4v) is 2.07. The molecule has 0 spiro atoms. The summed E-state index contributed by atoms with van der Waals surface area (Å²) < 4.78 is 10.6. The van der Waals surface area contributed by atoms with Gasteiger partial charge in [-0.1, -0.05) is 11.6 Å². The van der Waals surface area contributed by atoms with E-state index in [4.69, 9.17) is 21.1 Å². The molecule has 0 aliphatic heterocycles. The summed E-state index contributed by atoms with van der Waals surface area (Å²) in [5, 5.41) is 3.83. The quantitative estimate of drug-likeness (QED) is 0.862. The predicted molar refractivity (Wildman–Crippen MR) is 66.9 cm³/mol. The first-order chi connectivity index (χ1) is 7.65. The minimum absolute atomic E-state index is 0.679. The van der Waals surface area contributed by atoms with Crippen LogP contribution in [0.15, 0.2) is 6.07 Å². The van der Waals surface area contributed by atoms with Gasteiger partial charge in [0.2, 0.25) is 0 Å². The largest absolute Gasteiger partial charge is 0.493 e. The van der Waals surface area contributed by atoms with Crippen LogP contribution >= 0.6 is 11.6 Å². The Labute approximate surface area is 102 Å². The molecule has 16 heavy (non-hydrogen) atoms. The number of ether oxygens (including phenoxy) is 2. The Morgan fingerprint density at radius 1 is 1.31 bits per heavy atom. The Balaban J connectivity index is 3.18. The lowest BCUT2D eigenvalue weighted by Gasteiger charge is -2.16. The molecule has 1 aromatic carbocycles. The summed E-state index contributed by atoms with van der Waals surface area (Å²) in [5.74, 6) is 1.44. The van der Waals surface area contributed by atoms with Crippen LogP contribution < -0.4 is 14.8 Å². The van der Waals surface area contributed by atoms with Crippen LogP contribution in [0, 0.1) is 6.92 Å². The predicted octanol–water partition coefficient (Wildman–Crippen LogP) is 2.43. The van der Waals surface area contributed by atoms with E-state index in [9.17, 15) is 0 Å². The molecule has 0 bridgehead atoms. The molecule has 0 aliphatic carbocycles. The fraction of sp³-hybridized carbons (Fsp3) is 0.500. The molecule has 0 aliphatic rings. The Morgan fingerprint density at radius 2 is 2.00 bits per heavy atom. The SMILES string of the molecule is CNCCc1c(Cl)cc(OC)c(OC)c1C. The molecule has 0 amide bonds. The van der Waals surface area contributed by atoms with E-state index < -0.39 is 0 Å². The maximum absolute atomic E-state index is 6.21. The van der Waals surface area contributed by atoms with Crippen molar-refractivity contribution in [3.05, 3.63) is 22.2 Å². The monoisotopic (exact) mass is 243 g/mol. The highest BCUT2D eigenvalue weighted by Gasteiger charge is 2.14. The van der Waals surface area contributed by atoms with Crippen molar-refractivity contribution >= 4 is 11.6 Å². The van der Waals surface area contributed by atoms with Gasteiger partial charge in [0.15, 0.2) is 11.5 Å². The van der Waals surface area contributed by atoms with E-state index in [1.165, 1.54) is 0 Å². The van der Waals surface area contributed by atoms with Gasteiger partial charge in [-0.05, 0) is 38.1 Å². The summed E-state index contributed by atoms with van der Waals surface area (Å²) in [4.78, 5) is 0. The highest BCUT2D eigenvalue weighted by molar-refractivity contribution is 6.31. The summed E-state index contributed by atoms with van der Waals surface area (Å²) in [6, 6.07) is 1.80. The molecule has 0 saturated heterocycles. The Hall–Kier alpha value is -0.930. The fourth-order valence-electron chi connectivity index (χ4n) is 1.73. The molecule has 0 heterocycles. The van der Waals surface area contributed by atoms with E-state index in [1.54, 1.807) is 20.3 Å². The van der Waals surface area contributed by atoms with Gasteiger partial charge in [-0.15, -0.1) is 0 Å². The molecule has 0 unspecified atom stereocenters. The van der Waals surface area contributed by atoms with Crippen LogP contribution in [0.5, 0.6) is 11.5 Å². The Bertz CT molecular complexity index is 367. The topological polar surface area (TPSA) is 30.5 Å². The normalized spacial score (nSPS) is 10.3. The van der Waals surface area contributed by atoms with Gasteiger partial charge in [0.1, 0.15) is 0 Å². The molecular formula is C12H18ClNO2. The number of methoxy groups -OCH3 is 2. The molecule has 3 nitrogen and oxygen atoms in total. The van der Waals surface area contributed by atoms with Crippen molar-refractivity contribution in [2.24, 2.45) is 0 Å². The second-order valence-corrected chi connectivity index (χ2v) is 3.96. The number of hydrogen-bond donors (Lipinski definition) is 1. The molecule has 0 radical (unpaired) electrons. The molecular weight excluding hydrogens is 226 g/mol. The molecule has 0 saturated carbocycles. The van der Waals surface area contributed by atoms with Gasteiger partial charge in [-0.2, -0.15) is 0 Å². The van der Waals surface area contributed by atoms with Gasteiger partial charge in [-0.25, -0.2) is 0 Å². The third kappa shape index (κ3) is 2.60. The van der Waals surface area contributed by atoms with Gasteiger partial charge in [-0.3, -0.25) is 0 Å². The summed E-state index contributed by atoms with van der Waals surface area (Å²) in [7, 11) is 5.17. The van der Waals surface area contributed by atoms with E-state index >= 15 is 0 Å². The second-order valence-electron chi connectivity index (χ2n) is 3.55. The Kier molecular flexibility index (Phi) is 4.90. The molecule has 4 heteroatoms. The van der Waals surface area contributed by atoms with Crippen molar-refractivity contribution < 1.29 is 9.47 Å². The molecule has 1 N–H and O–H groups in total. The van der Waals surface area contributed by atoms with Crippen molar-refractivity contribution in [2.75, 3.05) is 27.8 Å². The smallest absolute Gasteiger partial charge is 0.163 e. The number of likely N-dealkylation sites (N-methyl/N-ethyl adjacent to an activating group) is 1. The van der Waals surface area contributed by atoms with Gasteiger partial charge in [0.05, 0.1) is 14.2 Å². The lowest BCUT2D eigenvalue weighted by Crippen LogP contribution is -2.12. The average molecular weight is 244 g/mol. The minimum Gasteiger partial charge on any atom is -0.493 e. The molecule has 0 atom stereocenters. The van der Waals surface area contributed by atoms with Crippen molar-refractivity contribution in [3.8, 4) is 11.5 Å². The van der Waals surface area contributed by atoms with E-state index in [0.29, 0.717) is 5.75 Å². The zero-order valence-corrected chi connectivity index (χ0v) is 10.9. The number of halogens is 1. The summed E-state index contributed by atoms with van der Waals surface area (Å²) in [5.41, 5.74) is 2.15. The zero-order valence-electron chi connectivity index (χ0n) is 10.2. The van der Waals surface area contributed by atoms with Crippen molar-refractivity contribution in [2.45, 2.75) is 13.3 Å². The number of benzene rings is 1. The summed E-state index contributed by atoms with van der Waals surface area (Å²) in [6.45, 7) is 2.88. The van der Waals surface area contributed by atoms with Crippen LogP contribution in [0.2, 0.25) is 5.02 Å². The first kappa shape index (κ1) is 13.1. The van der Waals surface area contributed by atoms with Crippen molar-refractivity contribution in [1.29, 1.82) is 0 Å². The first-order valence-electron chi connectivity index (χ1n) is 5.20. The van der Waals surface area contributed by atoms with Gasteiger partial charge in [0.25, 0.3) is 0 Å². The van der Waals surface area contributed by atoms with E-state index in [0.717, 1.165) is 34.9 Å². The minimum atomic E-state index is 0.679. The van der Waals surface area contributed by atoms with Gasteiger partial charge >= 0.3 is 0 Å². The van der Waals surface area contributed by atoms with Crippen LogP contribution in [0.1, 0.15) is 11.1 Å². The Morgan fingerprint density at radius 3 is 2.50 bits per heavy atom. The molecule has 1 rings (SSSR count). The standard InChI is InChI=1S/C12H18ClNO2/c1-8-9(5-6-14-2)10(13)7-11(15-3)12(8)16-4/h7,14H,5-6H2,1-4H3. The number of hydrogen-bond acceptors (Lipinski definition) is 3. The van der Waals surface area contributed by atoms with Crippen LogP contribution in [-0.2, 0) is 6.42 Å². The third-order valence-electron chi connectivity index (χ3n) is 2.61. The molecule has 0 fully saturated rings. The lowest BCUT2D eigenvalue weighted by molar-refractivity contribution is 0.352. The van der Waals surface area contributed by atoms with Crippen molar-refractivity contribution in [3.63, 3.8) is 0 Å². The number of nitrogens with one attached hydrogen (secondary N) is 1. The highest BCUT2D eigenvalue weighted by Crippen LogP contribution is 2.37.